The van der Waals surface area contributed by atoms with Crippen molar-refractivity contribution < 1.29 is 14.3 Å². The molecular weight excluding hydrogens is 259 g/mol. The van der Waals surface area contributed by atoms with Crippen LogP contribution in [0, 0.1) is 5.82 Å². The Morgan fingerprint density at radius 2 is 2.00 bits per heavy atom. The highest BCUT2D eigenvalue weighted by atomic mass is 19.1. The highest BCUT2D eigenvalue weighted by Gasteiger charge is 2.10. The molecule has 0 saturated heterocycles. The predicted octanol–water partition coefficient (Wildman–Crippen LogP) is 3.27. The van der Waals surface area contributed by atoms with Gasteiger partial charge in [0.15, 0.2) is 17.4 Å². The van der Waals surface area contributed by atoms with Gasteiger partial charge in [-0.3, -0.25) is 0 Å². The van der Waals surface area contributed by atoms with Crippen molar-refractivity contribution in [2.24, 2.45) is 10.9 Å². The Morgan fingerprint density at radius 3 is 2.65 bits per heavy atom. The lowest BCUT2D eigenvalue weighted by atomic mass is 10.1. The average molecular weight is 274 g/mol. The Labute approximate surface area is 116 Å². The van der Waals surface area contributed by atoms with Crippen LogP contribution in [0.5, 0.6) is 11.5 Å². The lowest BCUT2D eigenvalue weighted by molar-refractivity contribution is 0.318. The first-order valence-electron chi connectivity index (χ1n) is 6.19. The molecule has 0 fully saturated rings. The van der Waals surface area contributed by atoms with Gasteiger partial charge in [0, 0.05) is 5.56 Å². The molecule has 0 aliphatic rings. The summed E-state index contributed by atoms with van der Waals surface area (Å²) >= 11 is 0. The second-order valence-corrected chi connectivity index (χ2v) is 4.19. The van der Waals surface area contributed by atoms with Gasteiger partial charge in [-0.15, -0.1) is 0 Å². The van der Waals surface area contributed by atoms with Gasteiger partial charge < -0.3 is 15.7 Å². The van der Waals surface area contributed by atoms with Gasteiger partial charge in [-0.25, -0.2) is 4.39 Å². The molecule has 20 heavy (non-hydrogen) atoms. The smallest absolute Gasteiger partial charge is 0.170 e. The number of hydrogen-bond acceptors (Lipinski definition) is 3. The van der Waals surface area contributed by atoms with E-state index in [4.69, 9.17) is 15.7 Å². The predicted molar refractivity (Wildman–Crippen MR) is 74.8 cm³/mol. The molecule has 2 aromatic rings. The van der Waals surface area contributed by atoms with E-state index in [2.05, 4.69) is 5.16 Å². The zero-order chi connectivity index (χ0) is 14.5. The molecule has 0 amide bonds. The summed E-state index contributed by atoms with van der Waals surface area (Å²) in [5.74, 6) is -0.00440. The summed E-state index contributed by atoms with van der Waals surface area (Å²) in [6, 6.07) is 11.6. The Morgan fingerprint density at radius 1 is 1.25 bits per heavy atom. The summed E-state index contributed by atoms with van der Waals surface area (Å²) in [6.07, 6.45) is 0.792. The van der Waals surface area contributed by atoms with Gasteiger partial charge in [0.1, 0.15) is 5.75 Å². The van der Waals surface area contributed by atoms with Gasteiger partial charge >= 0.3 is 0 Å². The fraction of sp³-hybridized carbons (Fsp3) is 0.133. The third-order valence-electron chi connectivity index (χ3n) is 2.91. The molecule has 2 rings (SSSR count). The molecule has 0 spiro atoms. The lowest BCUT2D eigenvalue weighted by Gasteiger charge is -2.11. The Kier molecular flexibility index (Phi) is 4.20. The average Bonchev–Trinajstić information content (AvgIpc) is 2.49. The molecule has 0 aromatic heterocycles. The third-order valence-corrected chi connectivity index (χ3v) is 2.91. The van der Waals surface area contributed by atoms with Crippen molar-refractivity contribution >= 4 is 5.84 Å². The van der Waals surface area contributed by atoms with Crippen LogP contribution in [0.1, 0.15) is 18.1 Å². The van der Waals surface area contributed by atoms with E-state index in [0.717, 1.165) is 12.0 Å². The molecule has 2 aromatic carbocycles. The number of halogens is 1. The maximum atomic E-state index is 14.0. The number of nitrogens with zero attached hydrogens (tertiary/aromatic N) is 1. The minimum atomic E-state index is -0.569. The zero-order valence-electron chi connectivity index (χ0n) is 11.0. The highest BCUT2D eigenvalue weighted by molar-refractivity contribution is 5.97. The molecule has 104 valence electrons. The first kappa shape index (κ1) is 13.9. The number of aryl methyl sites for hydroxylation is 1. The summed E-state index contributed by atoms with van der Waals surface area (Å²) in [6.45, 7) is 2.00. The number of nitrogens with two attached hydrogens (primary N) is 1. The molecule has 0 aliphatic heterocycles. The largest absolute Gasteiger partial charge is 0.454 e. The van der Waals surface area contributed by atoms with Gasteiger partial charge in [0.25, 0.3) is 0 Å². The van der Waals surface area contributed by atoms with Crippen LogP contribution in [0.4, 0.5) is 4.39 Å². The van der Waals surface area contributed by atoms with E-state index in [-0.39, 0.29) is 11.6 Å². The van der Waals surface area contributed by atoms with Gasteiger partial charge in [-0.2, -0.15) is 0 Å². The van der Waals surface area contributed by atoms with Crippen molar-refractivity contribution in [2.45, 2.75) is 13.3 Å². The van der Waals surface area contributed by atoms with Crippen molar-refractivity contribution in [1.29, 1.82) is 0 Å². The highest BCUT2D eigenvalue weighted by Crippen LogP contribution is 2.28. The topological polar surface area (TPSA) is 67.8 Å². The van der Waals surface area contributed by atoms with E-state index < -0.39 is 5.82 Å². The zero-order valence-corrected chi connectivity index (χ0v) is 11.0. The van der Waals surface area contributed by atoms with Crippen LogP contribution in [0.2, 0.25) is 0 Å². The maximum Gasteiger partial charge on any atom is 0.170 e. The van der Waals surface area contributed by atoms with Gasteiger partial charge in [-0.1, -0.05) is 30.3 Å². The molecule has 5 heteroatoms. The summed E-state index contributed by atoms with van der Waals surface area (Å²) < 4.78 is 19.5. The maximum absolute atomic E-state index is 14.0. The van der Waals surface area contributed by atoms with Crippen LogP contribution in [-0.2, 0) is 6.42 Å². The summed E-state index contributed by atoms with van der Waals surface area (Å²) in [4.78, 5) is 0. The molecule has 0 radical (unpaired) electrons. The summed E-state index contributed by atoms with van der Waals surface area (Å²) in [7, 11) is 0. The number of ether oxygens (including phenoxy) is 1. The normalized spacial score (nSPS) is 11.4. The van der Waals surface area contributed by atoms with E-state index in [0.29, 0.717) is 11.3 Å². The third kappa shape index (κ3) is 2.88. The number of hydrogen-bond donors (Lipinski definition) is 2. The van der Waals surface area contributed by atoms with E-state index in [9.17, 15) is 4.39 Å². The van der Waals surface area contributed by atoms with Crippen LogP contribution in [0.15, 0.2) is 47.6 Å². The fourth-order valence-corrected chi connectivity index (χ4v) is 1.81. The molecule has 0 unspecified atom stereocenters. The van der Waals surface area contributed by atoms with Crippen molar-refractivity contribution in [3.8, 4) is 11.5 Å². The molecule has 0 bridgehead atoms. The monoisotopic (exact) mass is 274 g/mol. The molecular formula is C15H15FN2O2. The molecule has 3 N–H and O–H groups in total. The minimum absolute atomic E-state index is 0.0976. The molecule has 0 aliphatic carbocycles. The SMILES string of the molecule is CCc1ccccc1Oc1ccc(/C(N)=N/O)cc1F. The van der Waals surface area contributed by atoms with Crippen LogP contribution >= 0.6 is 0 Å². The van der Waals surface area contributed by atoms with Crippen molar-refractivity contribution in [1.82, 2.24) is 0 Å². The second kappa shape index (κ2) is 6.06. The Balaban J connectivity index is 2.30. The standard InChI is InChI=1S/C15H15FN2O2/c1-2-10-5-3-4-6-13(10)20-14-8-7-11(9-12(14)16)15(17)18-19/h3-9,19H,2H2,1H3,(H2,17,18). The fourth-order valence-electron chi connectivity index (χ4n) is 1.81. The summed E-state index contributed by atoms with van der Waals surface area (Å²) in [5.41, 5.74) is 6.69. The quantitative estimate of drug-likeness (QED) is 0.389. The molecule has 4 nitrogen and oxygen atoms in total. The van der Waals surface area contributed by atoms with E-state index >= 15 is 0 Å². The molecule has 0 saturated carbocycles. The number of oxime groups is 1. The lowest BCUT2D eigenvalue weighted by Crippen LogP contribution is -2.13. The number of rotatable bonds is 4. The van der Waals surface area contributed by atoms with Gasteiger partial charge in [-0.05, 0) is 36.2 Å². The number of benzene rings is 2. The Bertz CT molecular complexity index is 642. The molecule has 0 atom stereocenters. The summed E-state index contributed by atoms with van der Waals surface area (Å²) in [5, 5.41) is 11.4. The van der Waals surface area contributed by atoms with Crippen LogP contribution in [0.25, 0.3) is 0 Å². The van der Waals surface area contributed by atoms with Crippen LogP contribution in [0.3, 0.4) is 0 Å². The molecule has 0 heterocycles. The van der Waals surface area contributed by atoms with Crippen LogP contribution in [-0.4, -0.2) is 11.0 Å². The Hall–Kier alpha value is -2.56. The first-order chi connectivity index (χ1) is 9.65. The van der Waals surface area contributed by atoms with Crippen molar-refractivity contribution in [3.63, 3.8) is 0 Å². The number of amidine groups is 1. The van der Waals surface area contributed by atoms with Crippen LogP contribution < -0.4 is 10.5 Å². The second-order valence-electron chi connectivity index (χ2n) is 4.19. The van der Waals surface area contributed by atoms with E-state index in [1.54, 1.807) is 6.07 Å². The van der Waals surface area contributed by atoms with Gasteiger partial charge in [0.2, 0.25) is 0 Å². The first-order valence-corrected chi connectivity index (χ1v) is 6.19. The van der Waals surface area contributed by atoms with Gasteiger partial charge in [0.05, 0.1) is 0 Å². The van der Waals surface area contributed by atoms with E-state index in [1.165, 1.54) is 18.2 Å². The van der Waals surface area contributed by atoms with Crippen molar-refractivity contribution in [2.75, 3.05) is 0 Å². The minimum Gasteiger partial charge on any atom is -0.454 e. The van der Waals surface area contributed by atoms with Crippen molar-refractivity contribution in [3.05, 3.63) is 59.4 Å². The van der Waals surface area contributed by atoms with E-state index in [1.807, 2.05) is 25.1 Å². The number of para-hydroxylation sites is 1.